The predicted molar refractivity (Wildman–Crippen MR) is 107 cm³/mol. The second-order valence-electron chi connectivity index (χ2n) is 7.00. The first-order chi connectivity index (χ1) is 13.9. The van der Waals surface area contributed by atoms with Crippen LogP contribution in [0.4, 0.5) is 5.00 Å². The van der Waals surface area contributed by atoms with Crippen LogP contribution in [-0.4, -0.2) is 27.0 Å². The van der Waals surface area contributed by atoms with E-state index < -0.39 is 12.1 Å². The van der Waals surface area contributed by atoms with Crippen molar-refractivity contribution >= 4 is 28.2 Å². The van der Waals surface area contributed by atoms with Gasteiger partial charge in [-0.05, 0) is 51.3 Å². The third-order valence-electron chi connectivity index (χ3n) is 4.77. The molecule has 3 aromatic heterocycles. The van der Waals surface area contributed by atoms with Gasteiger partial charge >= 0.3 is 5.97 Å². The highest BCUT2D eigenvalue weighted by molar-refractivity contribution is 7.16. The fourth-order valence-corrected chi connectivity index (χ4v) is 3.85. The molecule has 29 heavy (non-hydrogen) atoms. The predicted octanol–water partition coefficient (Wildman–Crippen LogP) is 4.08. The number of aromatic nitrogens is 3. The van der Waals surface area contributed by atoms with Gasteiger partial charge in [0.1, 0.15) is 5.00 Å². The molecule has 1 aliphatic rings. The Morgan fingerprint density at radius 2 is 2.14 bits per heavy atom. The van der Waals surface area contributed by atoms with Crippen LogP contribution in [0.1, 0.15) is 52.6 Å². The standard InChI is InChI=1S/C20H20N4O4S/c1-10-12(3)29-19(23-17(25)13-6-7-13)15(10)20(26)27-11(2)18-22-16(24-28-18)14-5-4-8-21-9-14/h4-5,8-9,11,13H,6-7H2,1-3H3,(H,23,25). The van der Waals surface area contributed by atoms with Crippen LogP contribution < -0.4 is 5.32 Å². The minimum Gasteiger partial charge on any atom is -0.449 e. The summed E-state index contributed by atoms with van der Waals surface area (Å²) >= 11 is 1.38. The fourth-order valence-electron chi connectivity index (χ4n) is 2.80. The molecule has 1 fully saturated rings. The van der Waals surface area contributed by atoms with E-state index in [1.54, 1.807) is 25.4 Å². The number of aryl methyl sites for hydroxylation is 1. The highest BCUT2D eigenvalue weighted by atomic mass is 32.1. The summed E-state index contributed by atoms with van der Waals surface area (Å²) in [5.74, 6) is 0.0176. The van der Waals surface area contributed by atoms with Gasteiger partial charge in [0.2, 0.25) is 11.7 Å². The van der Waals surface area contributed by atoms with Crippen molar-refractivity contribution in [1.29, 1.82) is 0 Å². The summed E-state index contributed by atoms with van der Waals surface area (Å²) in [6.45, 7) is 5.41. The van der Waals surface area contributed by atoms with E-state index in [0.717, 1.165) is 23.3 Å². The number of rotatable bonds is 6. The molecule has 1 unspecified atom stereocenters. The largest absolute Gasteiger partial charge is 0.449 e. The minimum absolute atomic E-state index is 0.0461. The Balaban J connectivity index is 1.50. The van der Waals surface area contributed by atoms with Gasteiger partial charge in [0.05, 0.1) is 5.56 Å². The molecule has 1 atom stereocenters. The zero-order chi connectivity index (χ0) is 20.5. The maximum atomic E-state index is 12.9. The van der Waals surface area contributed by atoms with Crippen molar-refractivity contribution in [2.75, 3.05) is 5.32 Å². The van der Waals surface area contributed by atoms with Crippen molar-refractivity contribution in [2.24, 2.45) is 5.92 Å². The Kier molecular flexibility index (Phi) is 5.14. The SMILES string of the molecule is Cc1sc(NC(=O)C2CC2)c(C(=O)OC(C)c2nc(-c3cccnc3)no2)c1C. The summed E-state index contributed by atoms with van der Waals surface area (Å²) < 4.78 is 10.8. The number of nitrogens with zero attached hydrogens (tertiary/aromatic N) is 3. The molecule has 0 radical (unpaired) electrons. The summed E-state index contributed by atoms with van der Waals surface area (Å²) in [6.07, 6.45) is 4.31. The second-order valence-corrected chi connectivity index (χ2v) is 8.22. The first kappa shape index (κ1) is 19.3. The number of carbonyl (C=O) groups is 2. The molecule has 3 aromatic rings. The van der Waals surface area contributed by atoms with E-state index in [9.17, 15) is 9.59 Å². The van der Waals surface area contributed by atoms with Crippen LogP contribution in [0.15, 0.2) is 29.0 Å². The van der Waals surface area contributed by atoms with Crippen LogP contribution in [0.5, 0.6) is 0 Å². The fraction of sp³-hybridized carbons (Fsp3) is 0.350. The number of hydrogen-bond donors (Lipinski definition) is 1. The molecule has 0 bridgehead atoms. The lowest BCUT2D eigenvalue weighted by atomic mass is 10.1. The van der Waals surface area contributed by atoms with Gasteiger partial charge in [0.25, 0.3) is 5.89 Å². The molecular weight excluding hydrogens is 392 g/mol. The van der Waals surface area contributed by atoms with E-state index in [1.807, 2.05) is 19.9 Å². The third kappa shape index (κ3) is 4.04. The monoisotopic (exact) mass is 412 g/mol. The Bertz CT molecular complexity index is 1060. The Hall–Kier alpha value is -3.07. The number of amides is 1. The number of nitrogens with one attached hydrogen (secondary N) is 1. The maximum Gasteiger partial charge on any atom is 0.342 e. The lowest BCUT2D eigenvalue weighted by Crippen LogP contribution is -2.16. The number of ether oxygens (including phenoxy) is 1. The maximum absolute atomic E-state index is 12.9. The molecule has 9 heteroatoms. The molecule has 0 aromatic carbocycles. The number of anilines is 1. The molecule has 150 valence electrons. The highest BCUT2D eigenvalue weighted by Crippen LogP contribution is 2.36. The van der Waals surface area contributed by atoms with E-state index in [-0.39, 0.29) is 17.7 Å². The lowest BCUT2D eigenvalue weighted by molar-refractivity contribution is -0.117. The van der Waals surface area contributed by atoms with Gasteiger partial charge in [0, 0.05) is 28.8 Å². The summed E-state index contributed by atoms with van der Waals surface area (Å²) in [5.41, 5.74) is 1.87. The molecule has 0 saturated heterocycles. The summed E-state index contributed by atoms with van der Waals surface area (Å²) in [6, 6.07) is 3.58. The molecule has 1 amide bonds. The number of hydrogen-bond acceptors (Lipinski definition) is 8. The third-order valence-corrected chi connectivity index (χ3v) is 5.89. The van der Waals surface area contributed by atoms with Gasteiger partial charge in [0.15, 0.2) is 6.10 Å². The zero-order valence-corrected chi connectivity index (χ0v) is 17.1. The molecule has 0 aliphatic heterocycles. The summed E-state index contributed by atoms with van der Waals surface area (Å²) in [7, 11) is 0. The van der Waals surface area contributed by atoms with Crippen LogP contribution >= 0.6 is 11.3 Å². The van der Waals surface area contributed by atoms with Crippen molar-refractivity contribution in [1.82, 2.24) is 15.1 Å². The second kappa shape index (κ2) is 7.75. The quantitative estimate of drug-likeness (QED) is 0.608. The van der Waals surface area contributed by atoms with Gasteiger partial charge in [-0.1, -0.05) is 5.16 Å². The van der Waals surface area contributed by atoms with Crippen LogP contribution in [0.25, 0.3) is 11.4 Å². The van der Waals surface area contributed by atoms with Crippen LogP contribution in [0, 0.1) is 19.8 Å². The van der Waals surface area contributed by atoms with E-state index >= 15 is 0 Å². The van der Waals surface area contributed by atoms with Gasteiger partial charge < -0.3 is 14.6 Å². The summed E-state index contributed by atoms with van der Waals surface area (Å²) in [5, 5.41) is 7.32. The van der Waals surface area contributed by atoms with E-state index in [1.165, 1.54) is 11.3 Å². The topological polar surface area (TPSA) is 107 Å². The van der Waals surface area contributed by atoms with Crippen LogP contribution in [-0.2, 0) is 9.53 Å². The molecule has 1 aliphatic carbocycles. The van der Waals surface area contributed by atoms with Gasteiger partial charge in [-0.15, -0.1) is 11.3 Å². The molecular formula is C20H20N4O4S. The molecule has 8 nitrogen and oxygen atoms in total. The Morgan fingerprint density at radius 1 is 1.34 bits per heavy atom. The number of esters is 1. The van der Waals surface area contributed by atoms with Crippen molar-refractivity contribution in [3.8, 4) is 11.4 Å². The Labute approximate surface area is 171 Å². The van der Waals surface area contributed by atoms with Crippen LogP contribution in [0.2, 0.25) is 0 Å². The normalized spacial score (nSPS) is 14.4. The first-order valence-corrected chi connectivity index (χ1v) is 10.1. The zero-order valence-electron chi connectivity index (χ0n) is 16.3. The first-order valence-electron chi connectivity index (χ1n) is 9.30. The van der Waals surface area contributed by atoms with Gasteiger partial charge in [-0.3, -0.25) is 9.78 Å². The smallest absolute Gasteiger partial charge is 0.342 e. The van der Waals surface area contributed by atoms with E-state index in [0.29, 0.717) is 22.0 Å². The van der Waals surface area contributed by atoms with E-state index in [4.69, 9.17) is 9.26 Å². The van der Waals surface area contributed by atoms with Crippen molar-refractivity contribution in [2.45, 2.75) is 39.7 Å². The van der Waals surface area contributed by atoms with Gasteiger partial charge in [-0.25, -0.2) is 4.79 Å². The van der Waals surface area contributed by atoms with Crippen LogP contribution in [0.3, 0.4) is 0 Å². The van der Waals surface area contributed by atoms with Crippen molar-refractivity contribution in [3.05, 3.63) is 46.4 Å². The molecule has 4 rings (SSSR count). The van der Waals surface area contributed by atoms with E-state index in [2.05, 4.69) is 20.4 Å². The highest BCUT2D eigenvalue weighted by Gasteiger charge is 2.32. The van der Waals surface area contributed by atoms with Crippen molar-refractivity contribution < 1.29 is 18.8 Å². The number of carbonyl (C=O) groups excluding carboxylic acids is 2. The molecule has 1 N–H and O–H groups in total. The number of thiophene rings is 1. The minimum atomic E-state index is -0.744. The summed E-state index contributed by atoms with van der Waals surface area (Å²) in [4.78, 5) is 34.3. The average molecular weight is 412 g/mol. The molecule has 1 saturated carbocycles. The lowest BCUT2D eigenvalue weighted by Gasteiger charge is -2.11. The average Bonchev–Trinajstić information content (AvgIpc) is 3.37. The van der Waals surface area contributed by atoms with Gasteiger partial charge in [-0.2, -0.15) is 4.98 Å². The molecule has 0 spiro atoms. The molecule has 3 heterocycles. The Morgan fingerprint density at radius 3 is 2.83 bits per heavy atom. The van der Waals surface area contributed by atoms with Crippen molar-refractivity contribution in [3.63, 3.8) is 0 Å². The number of pyridine rings is 1.